The smallest absolute Gasteiger partial charge is 0.271 e. The van der Waals surface area contributed by atoms with Crippen LogP contribution in [0.2, 0.25) is 0 Å². The highest BCUT2D eigenvalue weighted by molar-refractivity contribution is 6.09. The van der Waals surface area contributed by atoms with E-state index in [4.69, 9.17) is 5.73 Å². The molecule has 0 bridgehead atoms. The molecule has 0 spiro atoms. The zero-order chi connectivity index (χ0) is 18.6. The normalized spacial score (nSPS) is 10.4. The molecular weight excluding hydrogens is 322 g/mol. The van der Waals surface area contributed by atoms with E-state index in [1.165, 1.54) is 0 Å². The Kier molecular flexibility index (Phi) is 5.33. The van der Waals surface area contributed by atoms with E-state index in [0.717, 1.165) is 6.08 Å². The number of rotatable bonds is 6. The predicted octanol–water partition coefficient (Wildman–Crippen LogP) is 2.01. The molecule has 130 valence electrons. The minimum Gasteiger partial charge on any atom is -0.364 e. The molecule has 8 nitrogen and oxygen atoms in total. The Labute approximate surface area is 144 Å². The van der Waals surface area contributed by atoms with Gasteiger partial charge < -0.3 is 16.4 Å². The number of nitrogens with zero attached hydrogens (tertiary/aromatic N) is 1. The predicted molar refractivity (Wildman–Crippen MR) is 94.4 cm³/mol. The monoisotopic (exact) mass is 341 g/mol. The van der Waals surface area contributed by atoms with Crippen LogP contribution < -0.4 is 16.4 Å². The van der Waals surface area contributed by atoms with Crippen LogP contribution in [0.15, 0.2) is 36.9 Å². The Hall–Kier alpha value is -3.42. The van der Waals surface area contributed by atoms with E-state index < -0.39 is 11.8 Å². The molecule has 2 aromatic rings. The number of benzene rings is 1. The summed E-state index contributed by atoms with van der Waals surface area (Å²) in [6.45, 7) is 7.15. The van der Waals surface area contributed by atoms with E-state index in [2.05, 4.69) is 27.4 Å². The van der Waals surface area contributed by atoms with Gasteiger partial charge in [-0.2, -0.15) is 5.10 Å². The Morgan fingerprint density at radius 2 is 1.84 bits per heavy atom. The second kappa shape index (κ2) is 7.43. The van der Waals surface area contributed by atoms with Gasteiger partial charge in [0, 0.05) is 11.3 Å². The van der Waals surface area contributed by atoms with Crippen LogP contribution in [-0.4, -0.2) is 27.9 Å². The topological polar surface area (TPSA) is 130 Å². The number of nitrogens with one attached hydrogen (secondary N) is 3. The Balaban J connectivity index is 2.22. The van der Waals surface area contributed by atoms with E-state index in [9.17, 15) is 14.4 Å². The highest BCUT2D eigenvalue weighted by atomic mass is 16.2. The van der Waals surface area contributed by atoms with E-state index in [1.807, 2.05) is 13.8 Å². The van der Waals surface area contributed by atoms with Crippen LogP contribution in [0.5, 0.6) is 0 Å². The molecule has 0 saturated heterocycles. The number of carbonyl (C=O) groups is 3. The van der Waals surface area contributed by atoms with Crippen molar-refractivity contribution in [3.8, 4) is 0 Å². The van der Waals surface area contributed by atoms with Crippen LogP contribution in [0, 0.1) is 0 Å². The first kappa shape index (κ1) is 17.9. The number of H-pyrrole nitrogens is 1. The maximum Gasteiger partial charge on any atom is 0.271 e. The standard InChI is InChI=1S/C17H19N5O3/c1-4-12(23)19-11-7-5-10(6-8-11)17(25)20-14-13(9(2)3)21-22-15(14)16(18)24/h4-9H,1H2,2-3H3,(H2,18,24)(H,19,23)(H,20,25)(H,21,22). The number of aromatic amines is 1. The minimum absolute atomic E-state index is 0.00684. The van der Waals surface area contributed by atoms with Crippen LogP contribution in [0.3, 0.4) is 0 Å². The third-order valence-corrected chi connectivity index (χ3v) is 3.44. The minimum atomic E-state index is -0.735. The average Bonchev–Trinajstić information content (AvgIpc) is 2.99. The molecule has 25 heavy (non-hydrogen) atoms. The van der Waals surface area contributed by atoms with Crippen molar-refractivity contribution in [3.05, 3.63) is 53.9 Å². The molecule has 5 N–H and O–H groups in total. The molecule has 1 aromatic carbocycles. The summed E-state index contributed by atoms with van der Waals surface area (Å²) in [7, 11) is 0. The lowest BCUT2D eigenvalue weighted by Gasteiger charge is -2.10. The van der Waals surface area contributed by atoms with Crippen molar-refractivity contribution in [2.75, 3.05) is 10.6 Å². The first-order chi connectivity index (χ1) is 11.8. The summed E-state index contributed by atoms with van der Waals surface area (Å²) in [5, 5.41) is 11.9. The first-order valence-electron chi connectivity index (χ1n) is 7.56. The third kappa shape index (κ3) is 4.11. The fraction of sp³-hybridized carbons (Fsp3) is 0.176. The maximum atomic E-state index is 12.4. The summed E-state index contributed by atoms with van der Waals surface area (Å²) < 4.78 is 0. The highest BCUT2D eigenvalue weighted by Gasteiger charge is 2.21. The van der Waals surface area contributed by atoms with Crippen LogP contribution in [0.25, 0.3) is 0 Å². The molecule has 3 amide bonds. The zero-order valence-corrected chi connectivity index (χ0v) is 13.9. The summed E-state index contributed by atoms with van der Waals surface area (Å²) >= 11 is 0. The molecule has 0 atom stereocenters. The number of amides is 3. The molecule has 1 aromatic heterocycles. The van der Waals surface area contributed by atoms with Crippen molar-refractivity contribution in [2.24, 2.45) is 5.73 Å². The quantitative estimate of drug-likeness (QED) is 0.599. The number of hydrogen-bond donors (Lipinski definition) is 4. The molecule has 0 saturated carbocycles. The Morgan fingerprint density at radius 3 is 2.36 bits per heavy atom. The largest absolute Gasteiger partial charge is 0.364 e. The fourth-order valence-corrected chi connectivity index (χ4v) is 2.16. The maximum absolute atomic E-state index is 12.4. The van der Waals surface area contributed by atoms with Crippen LogP contribution >= 0.6 is 0 Å². The van der Waals surface area contributed by atoms with Gasteiger partial charge >= 0.3 is 0 Å². The van der Waals surface area contributed by atoms with E-state index in [1.54, 1.807) is 24.3 Å². The second-order valence-electron chi connectivity index (χ2n) is 5.60. The van der Waals surface area contributed by atoms with E-state index in [-0.39, 0.29) is 23.2 Å². The summed E-state index contributed by atoms with van der Waals surface area (Å²) in [5.41, 5.74) is 7.05. The molecule has 0 aliphatic heterocycles. The Morgan fingerprint density at radius 1 is 1.20 bits per heavy atom. The molecule has 2 rings (SSSR count). The van der Waals surface area contributed by atoms with Gasteiger partial charge in [-0.15, -0.1) is 0 Å². The summed E-state index contributed by atoms with van der Waals surface area (Å²) in [4.78, 5) is 35.2. The van der Waals surface area contributed by atoms with Crippen LogP contribution in [0.1, 0.15) is 46.3 Å². The lowest BCUT2D eigenvalue weighted by atomic mass is 10.1. The molecule has 0 aliphatic rings. The number of hydrogen-bond acceptors (Lipinski definition) is 4. The number of nitrogens with two attached hydrogens (primary N) is 1. The van der Waals surface area contributed by atoms with Gasteiger partial charge in [-0.05, 0) is 36.3 Å². The third-order valence-electron chi connectivity index (χ3n) is 3.44. The summed E-state index contributed by atoms with van der Waals surface area (Å²) in [5.74, 6) is -1.50. The molecule has 0 radical (unpaired) electrons. The summed E-state index contributed by atoms with van der Waals surface area (Å²) in [6, 6.07) is 6.27. The van der Waals surface area contributed by atoms with Crippen molar-refractivity contribution >= 4 is 29.1 Å². The van der Waals surface area contributed by atoms with E-state index >= 15 is 0 Å². The second-order valence-corrected chi connectivity index (χ2v) is 5.60. The van der Waals surface area contributed by atoms with Crippen molar-refractivity contribution in [3.63, 3.8) is 0 Å². The van der Waals surface area contributed by atoms with Gasteiger partial charge in [0.05, 0.1) is 11.4 Å². The molecule has 0 aliphatic carbocycles. The fourth-order valence-electron chi connectivity index (χ4n) is 2.16. The molecular formula is C17H19N5O3. The number of anilines is 2. The molecule has 8 heteroatoms. The highest BCUT2D eigenvalue weighted by Crippen LogP contribution is 2.26. The van der Waals surface area contributed by atoms with Crippen molar-refractivity contribution in [2.45, 2.75) is 19.8 Å². The SMILES string of the molecule is C=CC(=O)Nc1ccc(C(=O)Nc2c(C(N)=O)n[nH]c2C(C)C)cc1. The Bertz CT molecular complexity index is 821. The van der Waals surface area contributed by atoms with Crippen LogP contribution in [0.4, 0.5) is 11.4 Å². The number of aromatic nitrogens is 2. The zero-order valence-electron chi connectivity index (χ0n) is 13.9. The molecule has 0 unspecified atom stereocenters. The van der Waals surface area contributed by atoms with Gasteiger partial charge in [0.25, 0.3) is 11.8 Å². The van der Waals surface area contributed by atoms with E-state index in [0.29, 0.717) is 16.9 Å². The van der Waals surface area contributed by atoms with Gasteiger partial charge in [0.1, 0.15) is 0 Å². The first-order valence-corrected chi connectivity index (χ1v) is 7.56. The van der Waals surface area contributed by atoms with Crippen molar-refractivity contribution < 1.29 is 14.4 Å². The van der Waals surface area contributed by atoms with Gasteiger partial charge in [-0.1, -0.05) is 20.4 Å². The number of carbonyl (C=O) groups excluding carboxylic acids is 3. The summed E-state index contributed by atoms with van der Waals surface area (Å²) in [6.07, 6.45) is 1.15. The lowest BCUT2D eigenvalue weighted by Crippen LogP contribution is -2.18. The lowest BCUT2D eigenvalue weighted by molar-refractivity contribution is -0.111. The van der Waals surface area contributed by atoms with Gasteiger partial charge in [0.2, 0.25) is 5.91 Å². The number of primary amides is 1. The van der Waals surface area contributed by atoms with Gasteiger partial charge in [-0.25, -0.2) is 0 Å². The van der Waals surface area contributed by atoms with Crippen molar-refractivity contribution in [1.82, 2.24) is 10.2 Å². The van der Waals surface area contributed by atoms with Gasteiger partial charge in [-0.3, -0.25) is 19.5 Å². The van der Waals surface area contributed by atoms with Gasteiger partial charge in [0.15, 0.2) is 5.69 Å². The molecule has 0 fully saturated rings. The van der Waals surface area contributed by atoms with Crippen LogP contribution in [-0.2, 0) is 4.79 Å². The van der Waals surface area contributed by atoms with Crippen molar-refractivity contribution in [1.29, 1.82) is 0 Å². The molecule has 1 heterocycles. The average molecular weight is 341 g/mol.